The second kappa shape index (κ2) is 3.62. The van der Waals surface area contributed by atoms with Crippen LogP contribution in [0.5, 0.6) is 0 Å². The van der Waals surface area contributed by atoms with Crippen LogP contribution < -0.4 is 0 Å². The molecular formula is C12H19N3. The lowest BCUT2D eigenvalue weighted by molar-refractivity contribution is 0.380. The second-order valence-electron chi connectivity index (χ2n) is 5.21. The number of fused-ring (bicyclic) bond motifs is 1. The molecule has 2 aliphatic rings. The van der Waals surface area contributed by atoms with Crippen LogP contribution in [0.15, 0.2) is 0 Å². The second-order valence-corrected chi connectivity index (χ2v) is 5.21. The van der Waals surface area contributed by atoms with Gasteiger partial charge in [0.15, 0.2) is 0 Å². The molecule has 82 valence electrons. The van der Waals surface area contributed by atoms with E-state index in [0.717, 1.165) is 18.9 Å². The molecule has 0 N–H and O–H groups in total. The maximum atomic E-state index is 4.43. The predicted octanol–water partition coefficient (Wildman–Crippen LogP) is 2.52. The van der Waals surface area contributed by atoms with Crippen molar-refractivity contribution < 1.29 is 0 Å². The Labute approximate surface area is 90.9 Å². The molecule has 3 heteroatoms. The number of hydrogen-bond acceptors (Lipinski definition) is 2. The van der Waals surface area contributed by atoms with Crippen LogP contribution in [0.2, 0.25) is 0 Å². The van der Waals surface area contributed by atoms with Crippen molar-refractivity contribution in [3.63, 3.8) is 0 Å². The van der Waals surface area contributed by atoms with Crippen molar-refractivity contribution in [2.45, 2.75) is 57.9 Å². The van der Waals surface area contributed by atoms with Crippen molar-refractivity contribution >= 4 is 0 Å². The van der Waals surface area contributed by atoms with E-state index in [0.29, 0.717) is 5.92 Å². The molecule has 1 unspecified atom stereocenters. The molecule has 1 aromatic heterocycles. The standard InChI is InChI=1S/C12H19N3/c1-9-6-7-11-13-14-12(15(11)8-9)10-4-2-3-5-10/h9-10H,2-8H2,1H3. The predicted molar refractivity (Wildman–Crippen MR) is 58.7 cm³/mol. The zero-order valence-corrected chi connectivity index (χ0v) is 9.45. The fraction of sp³-hybridized carbons (Fsp3) is 0.833. The quantitative estimate of drug-likeness (QED) is 0.705. The molecule has 1 atom stereocenters. The van der Waals surface area contributed by atoms with Crippen molar-refractivity contribution in [3.8, 4) is 0 Å². The summed E-state index contributed by atoms with van der Waals surface area (Å²) in [6.45, 7) is 3.48. The van der Waals surface area contributed by atoms with Gasteiger partial charge in [0.1, 0.15) is 11.6 Å². The number of rotatable bonds is 1. The Balaban J connectivity index is 1.92. The molecular weight excluding hydrogens is 186 g/mol. The minimum Gasteiger partial charge on any atom is -0.314 e. The van der Waals surface area contributed by atoms with Gasteiger partial charge in [0.2, 0.25) is 0 Å². The van der Waals surface area contributed by atoms with Crippen molar-refractivity contribution in [2.75, 3.05) is 0 Å². The smallest absolute Gasteiger partial charge is 0.136 e. The van der Waals surface area contributed by atoms with E-state index in [1.54, 1.807) is 0 Å². The average molecular weight is 205 g/mol. The van der Waals surface area contributed by atoms with Crippen molar-refractivity contribution in [1.82, 2.24) is 14.8 Å². The van der Waals surface area contributed by atoms with Gasteiger partial charge in [0.05, 0.1) is 0 Å². The average Bonchev–Trinajstić information content (AvgIpc) is 2.83. The van der Waals surface area contributed by atoms with Crippen molar-refractivity contribution in [1.29, 1.82) is 0 Å². The molecule has 0 aromatic carbocycles. The fourth-order valence-electron chi connectivity index (χ4n) is 3.00. The molecule has 1 saturated carbocycles. The highest BCUT2D eigenvalue weighted by Gasteiger charge is 2.26. The molecule has 3 nitrogen and oxygen atoms in total. The van der Waals surface area contributed by atoms with Crippen LogP contribution in [0.4, 0.5) is 0 Å². The van der Waals surface area contributed by atoms with Gasteiger partial charge in [-0.3, -0.25) is 0 Å². The number of aryl methyl sites for hydroxylation is 1. The summed E-state index contributed by atoms with van der Waals surface area (Å²) in [4.78, 5) is 0. The third kappa shape index (κ3) is 1.58. The zero-order valence-electron chi connectivity index (χ0n) is 9.45. The SMILES string of the molecule is CC1CCc2nnc(C3CCCC3)n2C1. The number of hydrogen-bond donors (Lipinski definition) is 0. The molecule has 1 aliphatic carbocycles. The van der Waals surface area contributed by atoms with Gasteiger partial charge in [-0.25, -0.2) is 0 Å². The lowest BCUT2D eigenvalue weighted by Crippen LogP contribution is -2.20. The molecule has 1 aromatic rings. The first-order valence-electron chi connectivity index (χ1n) is 6.26. The van der Waals surface area contributed by atoms with E-state index >= 15 is 0 Å². The van der Waals surface area contributed by atoms with Crippen LogP contribution in [0.3, 0.4) is 0 Å². The normalized spacial score (nSPS) is 26.9. The van der Waals surface area contributed by atoms with Gasteiger partial charge in [-0.15, -0.1) is 10.2 Å². The van der Waals surface area contributed by atoms with E-state index in [1.807, 2.05) is 0 Å². The molecule has 3 rings (SSSR count). The molecule has 0 bridgehead atoms. The Kier molecular flexibility index (Phi) is 2.26. The number of nitrogens with zero attached hydrogens (tertiary/aromatic N) is 3. The summed E-state index contributed by atoms with van der Waals surface area (Å²) in [5.74, 6) is 4.02. The third-order valence-electron chi connectivity index (χ3n) is 3.93. The Morgan fingerprint density at radius 2 is 1.93 bits per heavy atom. The highest BCUT2D eigenvalue weighted by atomic mass is 15.3. The molecule has 1 aliphatic heterocycles. The van der Waals surface area contributed by atoms with E-state index in [2.05, 4.69) is 21.7 Å². The number of aromatic nitrogens is 3. The first kappa shape index (κ1) is 9.37. The summed E-state index contributed by atoms with van der Waals surface area (Å²) in [5.41, 5.74) is 0. The van der Waals surface area contributed by atoms with Gasteiger partial charge < -0.3 is 4.57 Å². The van der Waals surface area contributed by atoms with E-state index in [-0.39, 0.29) is 0 Å². The minimum absolute atomic E-state index is 0.705. The van der Waals surface area contributed by atoms with Crippen molar-refractivity contribution in [3.05, 3.63) is 11.6 Å². The van der Waals surface area contributed by atoms with Crippen LogP contribution in [0, 0.1) is 5.92 Å². The summed E-state index contributed by atoms with van der Waals surface area (Å²) in [7, 11) is 0. The van der Waals surface area contributed by atoms with Gasteiger partial charge in [-0.2, -0.15) is 0 Å². The van der Waals surface area contributed by atoms with Crippen LogP contribution in [-0.4, -0.2) is 14.8 Å². The topological polar surface area (TPSA) is 30.7 Å². The molecule has 1 fully saturated rings. The van der Waals surface area contributed by atoms with E-state index in [1.165, 1.54) is 43.8 Å². The molecule has 2 heterocycles. The Morgan fingerprint density at radius 3 is 2.73 bits per heavy atom. The Hall–Kier alpha value is -0.860. The lowest BCUT2D eigenvalue weighted by atomic mass is 10.0. The molecule has 0 saturated heterocycles. The van der Waals surface area contributed by atoms with Gasteiger partial charge in [0, 0.05) is 18.9 Å². The van der Waals surface area contributed by atoms with Crippen molar-refractivity contribution in [2.24, 2.45) is 5.92 Å². The highest BCUT2D eigenvalue weighted by Crippen LogP contribution is 2.34. The monoisotopic (exact) mass is 205 g/mol. The zero-order chi connectivity index (χ0) is 10.3. The van der Waals surface area contributed by atoms with Crippen LogP contribution in [-0.2, 0) is 13.0 Å². The largest absolute Gasteiger partial charge is 0.314 e. The first-order valence-corrected chi connectivity index (χ1v) is 6.26. The van der Waals surface area contributed by atoms with Crippen LogP contribution >= 0.6 is 0 Å². The third-order valence-corrected chi connectivity index (χ3v) is 3.93. The fourth-order valence-corrected chi connectivity index (χ4v) is 3.00. The lowest BCUT2D eigenvalue weighted by Gasteiger charge is -2.22. The Morgan fingerprint density at radius 1 is 1.13 bits per heavy atom. The van der Waals surface area contributed by atoms with Gasteiger partial charge in [0.25, 0.3) is 0 Å². The van der Waals surface area contributed by atoms with Crippen LogP contribution in [0.25, 0.3) is 0 Å². The van der Waals surface area contributed by atoms with Gasteiger partial charge in [-0.1, -0.05) is 19.8 Å². The van der Waals surface area contributed by atoms with E-state index in [9.17, 15) is 0 Å². The maximum absolute atomic E-state index is 4.43. The summed E-state index contributed by atoms with van der Waals surface area (Å²) < 4.78 is 2.41. The van der Waals surface area contributed by atoms with Gasteiger partial charge >= 0.3 is 0 Å². The summed E-state index contributed by atoms with van der Waals surface area (Å²) in [5, 5.41) is 8.78. The van der Waals surface area contributed by atoms with Gasteiger partial charge in [-0.05, 0) is 25.2 Å². The summed E-state index contributed by atoms with van der Waals surface area (Å²) in [6, 6.07) is 0. The van der Waals surface area contributed by atoms with E-state index < -0.39 is 0 Å². The molecule has 0 amide bonds. The van der Waals surface area contributed by atoms with Crippen LogP contribution in [0.1, 0.15) is 56.6 Å². The summed E-state index contributed by atoms with van der Waals surface area (Å²) >= 11 is 0. The Bertz CT molecular complexity index is 350. The molecule has 0 spiro atoms. The molecule has 15 heavy (non-hydrogen) atoms. The summed E-state index contributed by atoms with van der Waals surface area (Å²) in [6.07, 6.45) is 7.81. The highest BCUT2D eigenvalue weighted by molar-refractivity contribution is 5.06. The minimum atomic E-state index is 0.705. The van der Waals surface area contributed by atoms with E-state index in [4.69, 9.17) is 0 Å². The maximum Gasteiger partial charge on any atom is 0.136 e. The first-order chi connectivity index (χ1) is 7.34. The molecule has 0 radical (unpaired) electrons.